The Balaban J connectivity index is 1.53. The van der Waals surface area contributed by atoms with Gasteiger partial charge >= 0.3 is 0 Å². The van der Waals surface area contributed by atoms with Crippen LogP contribution in [0.4, 0.5) is 5.69 Å². The topological polar surface area (TPSA) is 84.3 Å². The Bertz CT molecular complexity index is 1060. The van der Waals surface area contributed by atoms with E-state index >= 15 is 0 Å². The van der Waals surface area contributed by atoms with Crippen LogP contribution in [0.15, 0.2) is 61.2 Å². The smallest absolute Gasteiger partial charge is 0.261 e. The van der Waals surface area contributed by atoms with Crippen LogP contribution in [0, 0.1) is 0 Å². The first-order valence-electron chi connectivity index (χ1n) is 8.35. The van der Waals surface area contributed by atoms with Crippen LogP contribution in [0.2, 0.25) is 0 Å². The van der Waals surface area contributed by atoms with Crippen molar-refractivity contribution in [2.75, 3.05) is 12.4 Å². The number of carbonyl (C=O) groups excluding carboxylic acids is 3. The van der Waals surface area contributed by atoms with Gasteiger partial charge in [0.15, 0.2) is 0 Å². The highest BCUT2D eigenvalue weighted by Crippen LogP contribution is 2.23. The Morgan fingerprint density at radius 3 is 2.67 bits per heavy atom. The van der Waals surface area contributed by atoms with Crippen molar-refractivity contribution >= 4 is 23.4 Å². The zero-order chi connectivity index (χ0) is 19.0. The number of fused-ring (bicyclic) bond motifs is 1. The van der Waals surface area contributed by atoms with Gasteiger partial charge in [-0.3, -0.25) is 19.3 Å². The summed E-state index contributed by atoms with van der Waals surface area (Å²) in [6.07, 6.45) is 5.30. The third-order valence-electron chi connectivity index (χ3n) is 4.46. The minimum atomic E-state index is -0.396. The molecule has 1 aromatic heterocycles. The number of imide groups is 1. The summed E-state index contributed by atoms with van der Waals surface area (Å²) in [5.41, 5.74) is 2.57. The fraction of sp³-hybridized carbons (Fsp3) is 0.100. The van der Waals surface area contributed by atoms with E-state index in [1.165, 1.54) is 19.2 Å². The number of nitrogens with one attached hydrogen (secondary N) is 1. The highest BCUT2D eigenvalue weighted by Gasteiger charge is 2.33. The molecule has 1 N–H and O–H groups in total. The molecule has 7 heteroatoms. The zero-order valence-electron chi connectivity index (χ0n) is 14.5. The fourth-order valence-corrected chi connectivity index (χ4v) is 3.04. The number of benzene rings is 2. The molecule has 0 radical (unpaired) electrons. The van der Waals surface area contributed by atoms with Gasteiger partial charge in [-0.25, -0.2) is 4.98 Å². The number of nitrogens with zero attached hydrogens (tertiary/aromatic N) is 3. The van der Waals surface area contributed by atoms with Crippen LogP contribution in [-0.4, -0.2) is 39.2 Å². The molecule has 0 unspecified atom stereocenters. The van der Waals surface area contributed by atoms with Crippen LogP contribution in [0.1, 0.15) is 36.6 Å². The van der Waals surface area contributed by atoms with Gasteiger partial charge in [-0.05, 0) is 35.9 Å². The quantitative estimate of drug-likeness (QED) is 0.724. The summed E-state index contributed by atoms with van der Waals surface area (Å²) in [4.78, 5) is 41.7. The molecule has 0 spiro atoms. The standard InChI is InChI=1S/C20H16N4O3/c1-23-19(26)16-6-5-14(10-17(16)20(23)27)18(25)22-15-4-2-3-13(9-15)11-24-8-7-21-12-24/h2-10,12H,11H2,1H3,(H,22,25). The second kappa shape index (κ2) is 6.53. The van der Waals surface area contributed by atoms with E-state index in [1.54, 1.807) is 24.7 Å². The molecule has 134 valence electrons. The maximum Gasteiger partial charge on any atom is 0.261 e. The van der Waals surface area contributed by atoms with Crippen molar-refractivity contribution in [1.29, 1.82) is 0 Å². The predicted octanol–water partition coefficient (Wildman–Crippen LogP) is 2.41. The molecule has 27 heavy (non-hydrogen) atoms. The van der Waals surface area contributed by atoms with E-state index in [9.17, 15) is 14.4 Å². The molecular formula is C20H16N4O3. The van der Waals surface area contributed by atoms with Crippen molar-refractivity contribution < 1.29 is 14.4 Å². The fourth-order valence-electron chi connectivity index (χ4n) is 3.04. The monoisotopic (exact) mass is 360 g/mol. The second-order valence-corrected chi connectivity index (χ2v) is 6.32. The summed E-state index contributed by atoms with van der Waals surface area (Å²) in [6.45, 7) is 0.644. The highest BCUT2D eigenvalue weighted by atomic mass is 16.2. The third-order valence-corrected chi connectivity index (χ3v) is 4.46. The Kier molecular flexibility index (Phi) is 4.04. The number of carbonyl (C=O) groups is 3. The first-order chi connectivity index (χ1) is 13.0. The number of anilines is 1. The van der Waals surface area contributed by atoms with Crippen molar-refractivity contribution in [2.24, 2.45) is 0 Å². The van der Waals surface area contributed by atoms with Gasteiger partial charge in [-0.15, -0.1) is 0 Å². The van der Waals surface area contributed by atoms with E-state index in [0.29, 0.717) is 23.4 Å². The molecule has 2 aromatic carbocycles. The maximum atomic E-state index is 12.6. The van der Waals surface area contributed by atoms with Crippen molar-refractivity contribution in [3.05, 3.63) is 83.4 Å². The summed E-state index contributed by atoms with van der Waals surface area (Å²) in [5.74, 6) is -1.09. The maximum absolute atomic E-state index is 12.6. The van der Waals surface area contributed by atoms with Gasteiger partial charge in [0.25, 0.3) is 17.7 Å². The lowest BCUT2D eigenvalue weighted by Crippen LogP contribution is -2.24. The number of imidazole rings is 1. The van der Waals surface area contributed by atoms with Gasteiger partial charge in [0.05, 0.1) is 17.5 Å². The van der Waals surface area contributed by atoms with Crippen molar-refractivity contribution in [3.63, 3.8) is 0 Å². The van der Waals surface area contributed by atoms with Gasteiger partial charge in [0.2, 0.25) is 0 Å². The minimum absolute atomic E-state index is 0.254. The van der Waals surface area contributed by atoms with Gasteiger partial charge in [-0.1, -0.05) is 12.1 Å². The Morgan fingerprint density at radius 2 is 1.89 bits per heavy atom. The lowest BCUT2D eigenvalue weighted by Gasteiger charge is -2.09. The SMILES string of the molecule is CN1C(=O)c2ccc(C(=O)Nc3cccc(Cn4ccnc4)c3)cc2C1=O. The second-order valence-electron chi connectivity index (χ2n) is 6.32. The molecular weight excluding hydrogens is 344 g/mol. The molecule has 3 amide bonds. The molecule has 7 nitrogen and oxygen atoms in total. The first-order valence-corrected chi connectivity index (χ1v) is 8.35. The molecule has 1 aliphatic heterocycles. The van der Waals surface area contributed by atoms with Crippen LogP contribution < -0.4 is 5.32 Å². The normalized spacial score (nSPS) is 13.0. The molecule has 4 rings (SSSR count). The van der Waals surface area contributed by atoms with E-state index in [2.05, 4.69) is 10.3 Å². The Labute approximate surface area is 155 Å². The summed E-state index contributed by atoms with van der Waals surface area (Å²) in [7, 11) is 1.43. The van der Waals surface area contributed by atoms with Crippen LogP contribution in [0.3, 0.4) is 0 Å². The van der Waals surface area contributed by atoms with Gasteiger partial charge in [-0.2, -0.15) is 0 Å². The summed E-state index contributed by atoms with van der Waals surface area (Å²) >= 11 is 0. The number of aromatic nitrogens is 2. The van der Waals surface area contributed by atoms with Crippen LogP contribution >= 0.6 is 0 Å². The van der Waals surface area contributed by atoms with E-state index in [-0.39, 0.29) is 17.4 Å². The van der Waals surface area contributed by atoms with Crippen LogP contribution in [0.5, 0.6) is 0 Å². The lowest BCUT2D eigenvalue weighted by atomic mass is 10.1. The van der Waals surface area contributed by atoms with Crippen LogP contribution in [-0.2, 0) is 6.54 Å². The molecule has 0 aliphatic carbocycles. The number of hydrogen-bond acceptors (Lipinski definition) is 4. The molecule has 1 aliphatic rings. The number of rotatable bonds is 4. The predicted molar refractivity (Wildman–Crippen MR) is 98.6 cm³/mol. The summed E-state index contributed by atoms with van der Waals surface area (Å²) < 4.78 is 1.93. The van der Waals surface area contributed by atoms with Crippen molar-refractivity contribution in [3.8, 4) is 0 Å². The molecule has 0 atom stereocenters. The molecule has 0 fully saturated rings. The number of hydrogen-bond donors (Lipinski definition) is 1. The minimum Gasteiger partial charge on any atom is -0.333 e. The van der Waals surface area contributed by atoms with Crippen molar-refractivity contribution in [1.82, 2.24) is 14.5 Å². The average Bonchev–Trinajstić information content (AvgIpc) is 3.25. The molecule has 0 bridgehead atoms. The highest BCUT2D eigenvalue weighted by molar-refractivity contribution is 6.22. The van der Waals surface area contributed by atoms with E-state index < -0.39 is 5.91 Å². The van der Waals surface area contributed by atoms with E-state index in [1.807, 2.05) is 29.0 Å². The van der Waals surface area contributed by atoms with Gasteiger partial charge in [0.1, 0.15) is 0 Å². The van der Waals surface area contributed by atoms with Gasteiger partial charge < -0.3 is 9.88 Å². The van der Waals surface area contributed by atoms with E-state index in [0.717, 1.165) is 10.5 Å². The lowest BCUT2D eigenvalue weighted by molar-refractivity contribution is 0.0693. The Hall–Kier alpha value is -3.74. The Morgan fingerprint density at radius 1 is 1.07 bits per heavy atom. The third kappa shape index (κ3) is 3.10. The van der Waals surface area contributed by atoms with Crippen LogP contribution in [0.25, 0.3) is 0 Å². The molecule has 0 saturated heterocycles. The van der Waals surface area contributed by atoms with Crippen molar-refractivity contribution in [2.45, 2.75) is 6.54 Å². The molecule has 0 saturated carbocycles. The molecule has 3 aromatic rings. The molecule has 2 heterocycles. The zero-order valence-corrected chi connectivity index (χ0v) is 14.5. The summed E-state index contributed by atoms with van der Waals surface area (Å²) in [5, 5.41) is 2.83. The van der Waals surface area contributed by atoms with Gasteiger partial charge in [0, 0.05) is 37.2 Å². The number of amides is 3. The largest absolute Gasteiger partial charge is 0.333 e. The average molecular weight is 360 g/mol. The van der Waals surface area contributed by atoms with E-state index in [4.69, 9.17) is 0 Å². The summed E-state index contributed by atoms with van der Waals surface area (Å²) in [6, 6.07) is 12.0. The first kappa shape index (κ1) is 16.7.